The van der Waals surface area contributed by atoms with Crippen LogP contribution in [0.25, 0.3) is 16.6 Å². The standard InChI is InChI=1S/C26H24ClN3O2/c1-17-10-9-13-20(16-17)30-24(28-22-15-8-7-14-21(22)25(30)31)18(2)29(3)26(32)23(27)19-11-5-4-6-12-19/h4-16,18,23H,1-3H3. The average Bonchev–Trinajstić information content (AvgIpc) is 2.82. The molecule has 0 saturated carbocycles. The van der Waals surface area contributed by atoms with Crippen LogP contribution in [0, 0.1) is 6.92 Å². The Morgan fingerprint density at radius 2 is 1.69 bits per heavy atom. The lowest BCUT2D eigenvalue weighted by atomic mass is 10.1. The summed E-state index contributed by atoms with van der Waals surface area (Å²) >= 11 is 6.51. The van der Waals surface area contributed by atoms with Crippen molar-refractivity contribution in [3.63, 3.8) is 0 Å². The van der Waals surface area contributed by atoms with Gasteiger partial charge in [-0.05, 0) is 49.2 Å². The van der Waals surface area contributed by atoms with Crippen LogP contribution < -0.4 is 5.56 Å². The Hall–Kier alpha value is -3.44. The Bertz CT molecular complexity index is 1330. The first-order chi connectivity index (χ1) is 15.4. The maximum Gasteiger partial charge on any atom is 0.266 e. The molecule has 0 aliphatic heterocycles. The van der Waals surface area contributed by atoms with Crippen molar-refractivity contribution in [1.29, 1.82) is 0 Å². The van der Waals surface area contributed by atoms with Crippen LogP contribution in [0.1, 0.15) is 35.3 Å². The van der Waals surface area contributed by atoms with E-state index in [1.54, 1.807) is 22.6 Å². The van der Waals surface area contributed by atoms with E-state index in [1.165, 1.54) is 0 Å². The van der Waals surface area contributed by atoms with Gasteiger partial charge in [-0.3, -0.25) is 14.2 Å². The highest BCUT2D eigenvalue weighted by atomic mass is 35.5. The molecule has 5 nitrogen and oxygen atoms in total. The molecule has 4 rings (SSSR count). The fourth-order valence-electron chi connectivity index (χ4n) is 3.75. The summed E-state index contributed by atoms with van der Waals surface area (Å²) in [4.78, 5) is 33.0. The van der Waals surface area contributed by atoms with Gasteiger partial charge in [0.1, 0.15) is 11.2 Å². The van der Waals surface area contributed by atoms with Crippen molar-refractivity contribution in [2.24, 2.45) is 0 Å². The summed E-state index contributed by atoms with van der Waals surface area (Å²) < 4.78 is 1.59. The van der Waals surface area contributed by atoms with E-state index in [0.717, 1.165) is 11.1 Å². The molecule has 1 amide bonds. The predicted octanol–water partition coefficient (Wildman–Crippen LogP) is 5.19. The number of fused-ring (bicyclic) bond motifs is 1. The van der Waals surface area contributed by atoms with E-state index in [1.807, 2.05) is 86.6 Å². The third-order valence-electron chi connectivity index (χ3n) is 5.67. The van der Waals surface area contributed by atoms with Gasteiger partial charge < -0.3 is 4.90 Å². The highest BCUT2D eigenvalue weighted by Crippen LogP contribution is 2.28. The van der Waals surface area contributed by atoms with E-state index >= 15 is 0 Å². The number of para-hydroxylation sites is 1. The van der Waals surface area contributed by atoms with Crippen LogP contribution in [0.15, 0.2) is 83.7 Å². The molecule has 1 aromatic heterocycles. The smallest absolute Gasteiger partial charge is 0.266 e. The van der Waals surface area contributed by atoms with Gasteiger partial charge in [0.15, 0.2) is 0 Å². The zero-order chi connectivity index (χ0) is 22.8. The van der Waals surface area contributed by atoms with Crippen LogP contribution in [0.2, 0.25) is 0 Å². The van der Waals surface area contributed by atoms with Crippen molar-refractivity contribution < 1.29 is 4.79 Å². The van der Waals surface area contributed by atoms with Crippen LogP contribution in [0.3, 0.4) is 0 Å². The van der Waals surface area contributed by atoms with Crippen molar-refractivity contribution in [1.82, 2.24) is 14.5 Å². The van der Waals surface area contributed by atoms with Crippen LogP contribution in [-0.2, 0) is 4.79 Å². The maximum absolute atomic E-state index is 13.5. The normalized spacial score (nSPS) is 13.0. The second-order valence-electron chi connectivity index (χ2n) is 7.87. The van der Waals surface area contributed by atoms with Gasteiger partial charge in [0.05, 0.1) is 22.6 Å². The molecule has 0 N–H and O–H groups in total. The molecule has 2 atom stereocenters. The molecule has 0 aliphatic carbocycles. The van der Waals surface area contributed by atoms with Crippen molar-refractivity contribution in [2.75, 3.05) is 7.05 Å². The van der Waals surface area contributed by atoms with Gasteiger partial charge in [-0.1, -0.05) is 54.6 Å². The highest BCUT2D eigenvalue weighted by Gasteiger charge is 2.28. The number of aromatic nitrogens is 2. The number of hydrogen-bond acceptors (Lipinski definition) is 3. The summed E-state index contributed by atoms with van der Waals surface area (Å²) in [7, 11) is 1.69. The molecule has 0 fully saturated rings. The van der Waals surface area contributed by atoms with E-state index in [2.05, 4.69) is 0 Å². The number of benzene rings is 3. The van der Waals surface area contributed by atoms with Crippen molar-refractivity contribution in [3.05, 3.63) is 106 Å². The number of carbonyl (C=O) groups is 1. The summed E-state index contributed by atoms with van der Waals surface area (Å²) in [6.45, 7) is 3.83. The minimum Gasteiger partial charge on any atom is -0.334 e. The molecule has 0 aliphatic rings. The Morgan fingerprint density at radius 3 is 2.41 bits per heavy atom. The first kappa shape index (κ1) is 21.8. The quantitative estimate of drug-likeness (QED) is 0.397. The molecular weight excluding hydrogens is 422 g/mol. The number of nitrogens with zero attached hydrogens (tertiary/aromatic N) is 3. The third-order valence-corrected chi connectivity index (χ3v) is 6.11. The monoisotopic (exact) mass is 445 g/mol. The number of aryl methyl sites for hydroxylation is 1. The fourth-order valence-corrected chi connectivity index (χ4v) is 4.05. The highest BCUT2D eigenvalue weighted by molar-refractivity contribution is 6.30. The van der Waals surface area contributed by atoms with Crippen LogP contribution in [0.5, 0.6) is 0 Å². The second kappa shape index (κ2) is 8.97. The molecule has 162 valence electrons. The minimum absolute atomic E-state index is 0.172. The zero-order valence-electron chi connectivity index (χ0n) is 18.2. The average molecular weight is 446 g/mol. The summed E-state index contributed by atoms with van der Waals surface area (Å²) in [5.41, 5.74) is 2.88. The van der Waals surface area contributed by atoms with Crippen molar-refractivity contribution in [3.8, 4) is 5.69 Å². The Balaban J connectivity index is 1.83. The van der Waals surface area contributed by atoms with Gasteiger partial charge in [0.2, 0.25) is 5.91 Å². The third kappa shape index (κ3) is 4.04. The Morgan fingerprint density at radius 1 is 1.00 bits per heavy atom. The molecule has 0 saturated heterocycles. The number of likely N-dealkylation sites (N-methyl/N-ethyl adjacent to an activating group) is 1. The Kier molecular flexibility index (Phi) is 6.10. The summed E-state index contributed by atoms with van der Waals surface area (Å²) in [6, 6.07) is 23.7. The largest absolute Gasteiger partial charge is 0.334 e. The molecule has 0 spiro atoms. The van der Waals surface area contributed by atoms with Gasteiger partial charge in [0, 0.05) is 7.05 Å². The van der Waals surface area contributed by atoms with Crippen molar-refractivity contribution in [2.45, 2.75) is 25.3 Å². The number of halogens is 1. The number of amides is 1. The Labute approximate surface area is 191 Å². The van der Waals surface area contributed by atoms with Crippen LogP contribution in [-0.4, -0.2) is 27.4 Å². The molecule has 1 heterocycles. The van der Waals surface area contributed by atoms with Crippen LogP contribution in [0.4, 0.5) is 0 Å². The van der Waals surface area contributed by atoms with Crippen molar-refractivity contribution >= 4 is 28.4 Å². The van der Waals surface area contributed by atoms with Gasteiger partial charge in [-0.2, -0.15) is 0 Å². The minimum atomic E-state index is -0.830. The zero-order valence-corrected chi connectivity index (χ0v) is 19.0. The van der Waals surface area contributed by atoms with Crippen LogP contribution >= 0.6 is 11.6 Å². The predicted molar refractivity (Wildman–Crippen MR) is 128 cm³/mol. The number of rotatable bonds is 5. The summed E-state index contributed by atoms with van der Waals surface area (Å²) in [6.07, 6.45) is 0. The molecule has 3 aromatic carbocycles. The topological polar surface area (TPSA) is 55.2 Å². The van der Waals surface area contributed by atoms with E-state index in [0.29, 0.717) is 22.4 Å². The maximum atomic E-state index is 13.5. The van der Waals surface area contributed by atoms with Gasteiger partial charge >= 0.3 is 0 Å². The molecular formula is C26H24ClN3O2. The summed E-state index contributed by atoms with van der Waals surface area (Å²) in [5, 5.41) is -0.304. The van der Waals surface area contributed by atoms with E-state index < -0.39 is 11.4 Å². The van der Waals surface area contributed by atoms with E-state index in [-0.39, 0.29) is 11.5 Å². The SMILES string of the molecule is Cc1cccc(-n2c(C(C)N(C)C(=O)C(Cl)c3ccccc3)nc3ccccc3c2=O)c1. The first-order valence-electron chi connectivity index (χ1n) is 10.4. The summed E-state index contributed by atoms with van der Waals surface area (Å²) in [5.74, 6) is 0.218. The number of hydrogen-bond donors (Lipinski definition) is 0. The molecule has 32 heavy (non-hydrogen) atoms. The van der Waals surface area contributed by atoms with E-state index in [4.69, 9.17) is 16.6 Å². The number of carbonyl (C=O) groups excluding carboxylic acids is 1. The first-order valence-corrected chi connectivity index (χ1v) is 10.9. The van der Waals surface area contributed by atoms with E-state index in [9.17, 15) is 9.59 Å². The molecule has 6 heteroatoms. The van der Waals surface area contributed by atoms with Gasteiger partial charge in [0.25, 0.3) is 5.56 Å². The fraction of sp³-hybridized carbons (Fsp3) is 0.192. The lowest BCUT2D eigenvalue weighted by molar-refractivity contribution is -0.131. The van der Waals surface area contributed by atoms with Gasteiger partial charge in [-0.15, -0.1) is 11.6 Å². The molecule has 4 aromatic rings. The molecule has 0 bridgehead atoms. The molecule has 0 radical (unpaired) electrons. The lowest BCUT2D eigenvalue weighted by Gasteiger charge is -2.28. The lowest BCUT2D eigenvalue weighted by Crippen LogP contribution is -2.36. The van der Waals surface area contributed by atoms with Gasteiger partial charge in [-0.25, -0.2) is 4.98 Å². The molecule has 2 unspecified atom stereocenters. The second-order valence-corrected chi connectivity index (χ2v) is 8.30. The number of alkyl halides is 1.